The molecule has 0 unspecified atom stereocenters. The molecule has 3 aromatic rings. The second kappa shape index (κ2) is 8.75. The van der Waals surface area contributed by atoms with E-state index in [0.29, 0.717) is 37.0 Å². The summed E-state index contributed by atoms with van der Waals surface area (Å²) in [6.45, 7) is 1.98. The molecule has 0 spiro atoms. The molecule has 1 aromatic heterocycles. The molecule has 6 nitrogen and oxygen atoms in total. The minimum absolute atomic E-state index is 0.0560. The molecule has 0 bridgehead atoms. The Morgan fingerprint density at radius 3 is 2.63 bits per heavy atom. The van der Waals surface area contributed by atoms with Gasteiger partial charge in [0.2, 0.25) is 5.88 Å². The van der Waals surface area contributed by atoms with E-state index in [2.05, 4.69) is 4.98 Å². The maximum atomic E-state index is 13.5. The van der Waals surface area contributed by atoms with Gasteiger partial charge in [0.15, 0.2) is 0 Å². The molecular formula is C22H21ClFN3O3. The van der Waals surface area contributed by atoms with Crippen molar-refractivity contribution >= 4 is 17.4 Å². The lowest BCUT2D eigenvalue weighted by atomic mass is 10.1. The van der Waals surface area contributed by atoms with E-state index < -0.39 is 5.82 Å². The van der Waals surface area contributed by atoms with E-state index in [1.54, 1.807) is 22.8 Å². The maximum absolute atomic E-state index is 13.5. The molecule has 0 amide bonds. The lowest BCUT2D eigenvalue weighted by Gasteiger charge is -2.28. The van der Waals surface area contributed by atoms with Crippen LogP contribution in [0.4, 0.5) is 10.2 Å². The van der Waals surface area contributed by atoms with Gasteiger partial charge in [0.25, 0.3) is 0 Å². The molecule has 4 rings (SSSR count). The number of benzene rings is 2. The summed E-state index contributed by atoms with van der Waals surface area (Å²) in [5.41, 5.74) is 0.755. The number of anilines is 1. The quantitative estimate of drug-likeness (QED) is 0.585. The largest absolute Gasteiger partial charge is 0.477 e. The number of rotatable bonds is 6. The third-order valence-electron chi connectivity index (χ3n) is 4.92. The van der Waals surface area contributed by atoms with Gasteiger partial charge in [-0.05, 0) is 36.2 Å². The number of hydrogen-bond donors (Lipinski definition) is 0. The second-order valence-corrected chi connectivity index (χ2v) is 7.49. The summed E-state index contributed by atoms with van der Waals surface area (Å²) in [5, 5.41) is 0.0560. The van der Waals surface area contributed by atoms with Crippen molar-refractivity contribution in [3.63, 3.8) is 0 Å². The van der Waals surface area contributed by atoms with Crippen LogP contribution in [0, 0.1) is 5.82 Å². The fourth-order valence-corrected chi connectivity index (χ4v) is 3.45. The molecule has 30 heavy (non-hydrogen) atoms. The average Bonchev–Trinajstić information content (AvgIpc) is 2.73. The van der Waals surface area contributed by atoms with E-state index in [1.807, 2.05) is 30.1 Å². The van der Waals surface area contributed by atoms with Crippen molar-refractivity contribution in [1.29, 1.82) is 0 Å². The Hall–Kier alpha value is -3.06. The van der Waals surface area contributed by atoms with Crippen molar-refractivity contribution in [1.82, 2.24) is 9.55 Å². The molecule has 2 aromatic carbocycles. The summed E-state index contributed by atoms with van der Waals surface area (Å²) in [6, 6.07) is 13.6. The van der Waals surface area contributed by atoms with Crippen LogP contribution in [0.15, 0.2) is 53.3 Å². The summed E-state index contributed by atoms with van der Waals surface area (Å²) in [5.74, 6) is 1.61. The van der Waals surface area contributed by atoms with Crippen molar-refractivity contribution in [3.05, 3.63) is 75.4 Å². The number of fused-ring (bicyclic) bond motifs is 1. The third-order valence-corrected chi connectivity index (χ3v) is 5.23. The zero-order valence-electron chi connectivity index (χ0n) is 16.5. The standard InChI is InChI=1S/C22H21ClFN3O3/c1-26-10-2-11-27-21(26)14-20(25-22(27)28)29-12-9-15-3-5-16(6-4-15)30-17-7-8-18(23)19(24)13-17/h3-8,13-14H,2,9-12H2,1H3. The Morgan fingerprint density at radius 2 is 1.87 bits per heavy atom. The van der Waals surface area contributed by atoms with Crippen LogP contribution in [0.25, 0.3) is 0 Å². The number of ether oxygens (including phenoxy) is 2. The van der Waals surface area contributed by atoms with E-state index in [-0.39, 0.29) is 10.7 Å². The fourth-order valence-electron chi connectivity index (χ4n) is 3.33. The Morgan fingerprint density at radius 1 is 1.10 bits per heavy atom. The highest BCUT2D eigenvalue weighted by atomic mass is 35.5. The summed E-state index contributed by atoms with van der Waals surface area (Å²) >= 11 is 5.68. The van der Waals surface area contributed by atoms with Crippen LogP contribution in [0.2, 0.25) is 5.02 Å². The molecule has 2 heterocycles. The number of aromatic nitrogens is 2. The Labute approximate surface area is 178 Å². The molecule has 8 heteroatoms. The monoisotopic (exact) mass is 429 g/mol. The molecule has 0 aliphatic carbocycles. The van der Waals surface area contributed by atoms with Crippen molar-refractivity contribution < 1.29 is 13.9 Å². The van der Waals surface area contributed by atoms with Crippen molar-refractivity contribution in [2.45, 2.75) is 19.4 Å². The minimum Gasteiger partial charge on any atom is -0.477 e. The molecule has 156 valence electrons. The van der Waals surface area contributed by atoms with Gasteiger partial charge in [-0.2, -0.15) is 4.98 Å². The summed E-state index contributed by atoms with van der Waals surface area (Å²) in [7, 11) is 1.95. The molecular weight excluding hydrogens is 409 g/mol. The van der Waals surface area contributed by atoms with Gasteiger partial charge in [-0.1, -0.05) is 23.7 Å². The number of hydrogen-bond acceptors (Lipinski definition) is 5. The smallest absolute Gasteiger partial charge is 0.352 e. The average molecular weight is 430 g/mol. The van der Waals surface area contributed by atoms with Gasteiger partial charge in [-0.25, -0.2) is 9.18 Å². The first kappa shape index (κ1) is 20.2. The van der Waals surface area contributed by atoms with E-state index in [9.17, 15) is 9.18 Å². The lowest BCUT2D eigenvalue weighted by molar-refractivity contribution is 0.305. The Balaban J connectivity index is 1.34. The van der Waals surface area contributed by atoms with Gasteiger partial charge < -0.3 is 14.4 Å². The highest BCUT2D eigenvalue weighted by molar-refractivity contribution is 6.30. The SMILES string of the molecule is CN1CCCn2c1cc(OCCc1ccc(Oc3ccc(Cl)c(F)c3)cc1)nc2=O. The van der Waals surface area contributed by atoms with Crippen LogP contribution in [0.3, 0.4) is 0 Å². The van der Waals surface area contributed by atoms with Crippen molar-refractivity contribution in [3.8, 4) is 17.4 Å². The normalized spacial score (nSPS) is 13.1. The molecule has 0 radical (unpaired) electrons. The van der Waals surface area contributed by atoms with Crippen LogP contribution in [-0.2, 0) is 13.0 Å². The zero-order valence-corrected chi connectivity index (χ0v) is 17.2. The molecule has 1 aliphatic heterocycles. The van der Waals surface area contributed by atoms with Crippen LogP contribution in [0.5, 0.6) is 17.4 Å². The fraction of sp³-hybridized carbons (Fsp3) is 0.273. The van der Waals surface area contributed by atoms with Crippen LogP contribution in [0.1, 0.15) is 12.0 Å². The minimum atomic E-state index is -0.524. The summed E-state index contributed by atoms with van der Waals surface area (Å²) < 4.78 is 26.5. The second-order valence-electron chi connectivity index (χ2n) is 7.08. The van der Waals surface area contributed by atoms with Gasteiger partial charge in [-0.3, -0.25) is 4.57 Å². The predicted molar refractivity (Wildman–Crippen MR) is 114 cm³/mol. The van der Waals surface area contributed by atoms with Gasteiger partial charge >= 0.3 is 5.69 Å². The number of halogens is 2. The Kier molecular flexibility index (Phi) is 5.90. The predicted octanol–water partition coefficient (Wildman–Crippen LogP) is 4.29. The summed E-state index contributed by atoms with van der Waals surface area (Å²) in [6.07, 6.45) is 1.57. The molecule has 0 saturated heterocycles. The molecule has 0 saturated carbocycles. The highest BCUT2D eigenvalue weighted by Gasteiger charge is 2.17. The van der Waals surface area contributed by atoms with E-state index in [0.717, 1.165) is 24.3 Å². The zero-order chi connectivity index (χ0) is 21.1. The number of nitrogens with zero attached hydrogens (tertiary/aromatic N) is 3. The van der Waals surface area contributed by atoms with Crippen LogP contribution in [-0.4, -0.2) is 29.8 Å². The first-order chi connectivity index (χ1) is 14.5. The van der Waals surface area contributed by atoms with Crippen LogP contribution >= 0.6 is 11.6 Å². The van der Waals surface area contributed by atoms with Gasteiger partial charge in [-0.15, -0.1) is 0 Å². The Bertz CT molecular complexity index is 1100. The van der Waals surface area contributed by atoms with Crippen molar-refractivity contribution in [2.24, 2.45) is 0 Å². The first-order valence-electron chi connectivity index (χ1n) is 9.67. The highest BCUT2D eigenvalue weighted by Crippen LogP contribution is 2.26. The van der Waals surface area contributed by atoms with Gasteiger partial charge in [0.1, 0.15) is 23.1 Å². The summed E-state index contributed by atoms with van der Waals surface area (Å²) in [4.78, 5) is 18.2. The molecule has 0 N–H and O–H groups in total. The third kappa shape index (κ3) is 4.57. The van der Waals surface area contributed by atoms with Crippen LogP contribution < -0.4 is 20.1 Å². The van der Waals surface area contributed by atoms with Gasteiger partial charge in [0.05, 0.1) is 11.6 Å². The molecule has 0 fully saturated rings. The van der Waals surface area contributed by atoms with Gasteiger partial charge in [0, 0.05) is 38.7 Å². The van der Waals surface area contributed by atoms with E-state index in [4.69, 9.17) is 21.1 Å². The lowest BCUT2D eigenvalue weighted by Crippen LogP contribution is -2.36. The topological polar surface area (TPSA) is 56.6 Å². The maximum Gasteiger partial charge on any atom is 0.352 e. The van der Waals surface area contributed by atoms with E-state index >= 15 is 0 Å². The molecule has 0 atom stereocenters. The van der Waals surface area contributed by atoms with E-state index in [1.165, 1.54) is 12.1 Å². The van der Waals surface area contributed by atoms with Crippen molar-refractivity contribution in [2.75, 3.05) is 25.1 Å². The first-order valence-corrected chi connectivity index (χ1v) is 10.0. The molecule has 1 aliphatic rings.